The normalized spacial score (nSPS) is 9.38. The van der Waals surface area contributed by atoms with Gasteiger partial charge in [0.2, 0.25) is 0 Å². The molecule has 0 aliphatic heterocycles. The summed E-state index contributed by atoms with van der Waals surface area (Å²) in [5.41, 5.74) is 0.749. The molecule has 0 aromatic carbocycles. The summed E-state index contributed by atoms with van der Waals surface area (Å²) in [4.78, 5) is 3.93. The summed E-state index contributed by atoms with van der Waals surface area (Å²) in [5, 5.41) is 0. The van der Waals surface area contributed by atoms with Gasteiger partial charge in [0.15, 0.2) is 0 Å². The number of hydrogen-bond donors (Lipinski definition) is 0. The number of allylic oxidation sites excluding steroid dienone is 2. The van der Waals surface area contributed by atoms with Gasteiger partial charge < -0.3 is 4.74 Å². The molecule has 0 atom stereocenters. The van der Waals surface area contributed by atoms with Crippen LogP contribution in [0.5, 0.6) is 0 Å². The molecule has 0 aliphatic carbocycles. The summed E-state index contributed by atoms with van der Waals surface area (Å²) in [6, 6.07) is 0. The highest BCUT2D eigenvalue weighted by Crippen LogP contribution is 1.97. The fourth-order valence-electron chi connectivity index (χ4n) is 0.515. The van der Waals surface area contributed by atoms with Gasteiger partial charge in [-0.25, -0.2) is 0 Å². The quantitative estimate of drug-likeness (QED) is 0.482. The zero-order chi connectivity index (χ0) is 10.9. The van der Waals surface area contributed by atoms with Gasteiger partial charge in [-0.3, -0.25) is 4.99 Å². The SMILES string of the molecule is C=C(C)N=CC(=C)OC(C)C.CC. The first-order valence-electron chi connectivity index (χ1n) is 4.57. The number of ether oxygens (including phenoxy) is 1. The Morgan fingerprint density at radius 2 is 1.77 bits per heavy atom. The van der Waals surface area contributed by atoms with Crippen molar-refractivity contribution in [2.75, 3.05) is 0 Å². The Morgan fingerprint density at radius 3 is 2.08 bits per heavy atom. The second-order valence-corrected chi connectivity index (χ2v) is 2.63. The first-order valence-corrected chi connectivity index (χ1v) is 4.57. The van der Waals surface area contributed by atoms with Crippen LogP contribution in [-0.4, -0.2) is 12.3 Å². The summed E-state index contributed by atoms with van der Waals surface area (Å²) < 4.78 is 5.22. The highest BCUT2D eigenvalue weighted by Gasteiger charge is 1.93. The minimum atomic E-state index is 0.152. The van der Waals surface area contributed by atoms with E-state index in [4.69, 9.17) is 4.74 Å². The van der Waals surface area contributed by atoms with Crippen LogP contribution in [0.2, 0.25) is 0 Å². The van der Waals surface area contributed by atoms with Gasteiger partial charge in [0.05, 0.1) is 12.3 Å². The van der Waals surface area contributed by atoms with E-state index < -0.39 is 0 Å². The topological polar surface area (TPSA) is 21.6 Å². The molecule has 2 nitrogen and oxygen atoms in total. The molecule has 0 spiro atoms. The maximum absolute atomic E-state index is 5.22. The molecule has 0 aliphatic rings. The van der Waals surface area contributed by atoms with E-state index in [1.807, 2.05) is 34.6 Å². The van der Waals surface area contributed by atoms with Crippen molar-refractivity contribution in [3.05, 3.63) is 24.6 Å². The molecule has 0 saturated carbocycles. The molecule has 76 valence electrons. The Labute approximate surface area is 82.0 Å². The molecule has 0 N–H and O–H groups in total. The van der Waals surface area contributed by atoms with Crippen LogP contribution in [0, 0.1) is 0 Å². The average Bonchev–Trinajstić information content (AvgIpc) is 2.03. The van der Waals surface area contributed by atoms with Crippen LogP contribution in [-0.2, 0) is 4.74 Å². The highest BCUT2D eigenvalue weighted by molar-refractivity contribution is 5.75. The van der Waals surface area contributed by atoms with E-state index in [0.29, 0.717) is 5.76 Å². The zero-order valence-electron chi connectivity index (χ0n) is 9.42. The van der Waals surface area contributed by atoms with E-state index >= 15 is 0 Å². The van der Waals surface area contributed by atoms with Crippen LogP contribution >= 0.6 is 0 Å². The van der Waals surface area contributed by atoms with Crippen LogP contribution < -0.4 is 0 Å². The molecule has 0 rings (SSSR count). The molecule has 0 radical (unpaired) electrons. The van der Waals surface area contributed by atoms with Crippen LogP contribution in [0.3, 0.4) is 0 Å². The van der Waals surface area contributed by atoms with Gasteiger partial charge in [0, 0.05) is 5.70 Å². The molecule has 13 heavy (non-hydrogen) atoms. The fraction of sp³-hybridized carbons (Fsp3) is 0.545. The minimum absolute atomic E-state index is 0.152. The summed E-state index contributed by atoms with van der Waals surface area (Å²) in [6.45, 7) is 17.0. The lowest BCUT2D eigenvalue weighted by Gasteiger charge is -2.07. The van der Waals surface area contributed by atoms with Crippen molar-refractivity contribution in [2.24, 2.45) is 4.99 Å². The number of hydrogen-bond acceptors (Lipinski definition) is 2. The number of rotatable bonds is 4. The number of aliphatic imine (C=N–C) groups is 1. The maximum atomic E-state index is 5.22. The van der Waals surface area contributed by atoms with Crippen LogP contribution in [0.15, 0.2) is 29.6 Å². The second-order valence-electron chi connectivity index (χ2n) is 2.63. The Kier molecular flexibility index (Phi) is 10.1. The number of nitrogens with zero attached hydrogens (tertiary/aromatic N) is 1. The van der Waals surface area contributed by atoms with Gasteiger partial charge in [-0.2, -0.15) is 0 Å². The Hall–Kier alpha value is -1.05. The van der Waals surface area contributed by atoms with E-state index in [2.05, 4.69) is 18.2 Å². The third-order valence-electron chi connectivity index (χ3n) is 0.816. The van der Waals surface area contributed by atoms with E-state index in [1.54, 1.807) is 6.21 Å². The Balaban J connectivity index is 0. The molecule has 0 aromatic heterocycles. The maximum Gasteiger partial charge on any atom is 0.130 e. The average molecular weight is 183 g/mol. The smallest absolute Gasteiger partial charge is 0.130 e. The van der Waals surface area contributed by atoms with Crippen molar-refractivity contribution in [1.29, 1.82) is 0 Å². The van der Waals surface area contributed by atoms with Crippen molar-refractivity contribution in [2.45, 2.75) is 40.7 Å². The zero-order valence-corrected chi connectivity index (χ0v) is 9.42. The third-order valence-corrected chi connectivity index (χ3v) is 0.816. The van der Waals surface area contributed by atoms with Crippen molar-refractivity contribution in [1.82, 2.24) is 0 Å². The molecular formula is C11H21NO. The molecule has 0 unspecified atom stereocenters. The predicted octanol–water partition coefficient (Wildman–Crippen LogP) is 3.56. The lowest BCUT2D eigenvalue weighted by atomic mass is 10.4. The van der Waals surface area contributed by atoms with Crippen molar-refractivity contribution < 1.29 is 4.74 Å². The summed E-state index contributed by atoms with van der Waals surface area (Å²) in [5.74, 6) is 0.572. The molecule has 0 aromatic rings. The summed E-state index contributed by atoms with van der Waals surface area (Å²) >= 11 is 0. The molecule has 0 fully saturated rings. The van der Waals surface area contributed by atoms with Crippen LogP contribution in [0.1, 0.15) is 34.6 Å². The predicted molar refractivity (Wildman–Crippen MR) is 60.0 cm³/mol. The Bertz CT molecular complexity index is 181. The summed E-state index contributed by atoms with van der Waals surface area (Å²) in [6.07, 6.45) is 1.72. The van der Waals surface area contributed by atoms with E-state index in [-0.39, 0.29) is 6.10 Å². The van der Waals surface area contributed by atoms with Crippen molar-refractivity contribution in [3.8, 4) is 0 Å². The molecular weight excluding hydrogens is 162 g/mol. The van der Waals surface area contributed by atoms with Gasteiger partial charge in [0.25, 0.3) is 0 Å². The second kappa shape index (κ2) is 9.04. The molecule has 0 saturated heterocycles. The third kappa shape index (κ3) is 13.9. The van der Waals surface area contributed by atoms with Gasteiger partial charge in [0.1, 0.15) is 5.76 Å². The lowest BCUT2D eigenvalue weighted by Crippen LogP contribution is -2.01. The standard InChI is InChI=1S/C9H15NO.C2H6/c1-7(2)10-6-9(5)11-8(3)4;1-2/h6,8H,1,5H2,2-4H3;1-2H3. The van der Waals surface area contributed by atoms with Crippen LogP contribution in [0.25, 0.3) is 0 Å². The van der Waals surface area contributed by atoms with E-state index in [9.17, 15) is 0 Å². The van der Waals surface area contributed by atoms with Crippen molar-refractivity contribution >= 4 is 6.21 Å². The minimum Gasteiger partial charge on any atom is -0.490 e. The van der Waals surface area contributed by atoms with E-state index in [1.165, 1.54) is 0 Å². The van der Waals surface area contributed by atoms with Gasteiger partial charge in [-0.1, -0.05) is 27.0 Å². The van der Waals surface area contributed by atoms with Gasteiger partial charge in [-0.05, 0) is 20.8 Å². The largest absolute Gasteiger partial charge is 0.490 e. The van der Waals surface area contributed by atoms with Gasteiger partial charge >= 0.3 is 0 Å². The molecule has 0 heterocycles. The highest BCUT2D eigenvalue weighted by atomic mass is 16.5. The summed E-state index contributed by atoms with van der Waals surface area (Å²) in [7, 11) is 0. The first kappa shape index (κ1) is 14.5. The van der Waals surface area contributed by atoms with E-state index in [0.717, 1.165) is 5.70 Å². The monoisotopic (exact) mass is 183 g/mol. The first-order chi connectivity index (χ1) is 6.02. The lowest BCUT2D eigenvalue weighted by molar-refractivity contribution is 0.166. The Morgan fingerprint density at radius 1 is 1.31 bits per heavy atom. The molecule has 0 bridgehead atoms. The van der Waals surface area contributed by atoms with Gasteiger partial charge in [-0.15, -0.1) is 0 Å². The molecule has 0 amide bonds. The fourth-order valence-corrected chi connectivity index (χ4v) is 0.515. The molecule has 2 heteroatoms. The van der Waals surface area contributed by atoms with Crippen LogP contribution in [0.4, 0.5) is 0 Å². The van der Waals surface area contributed by atoms with Crippen molar-refractivity contribution in [3.63, 3.8) is 0 Å².